The molecule has 1 amide bonds. The molecule has 1 atom stereocenters. The minimum atomic E-state index is -0.0699. The Balaban J connectivity index is 1.54. The molecule has 2 aromatic carbocycles. The van der Waals surface area contributed by atoms with E-state index in [2.05, 4.69) is 29.2 Å². The third kappa shape index (κ3) is 3.12. The second-order valence-corrected chi connectivity index (χ2v) is 6.75. The first-order valence-electron chi connectivity index (χ1n) is 8.94. The van der Waals surface area contributed by atoms with Crippen molar-refractivity contribution in [3.8, 4) is 11.4 Å². The van der Waals surface area contributed by atoms with Gasteiger partial charge in [0.1, 0.15) is 0 Å². The first-order chi connectivity index (χ1) is 12.6. The molecule has 0 N–H and O–H groups in total. The third-order valence-electron chi connectivity index (χ3n) is 4.86. The highest BCUT2D eigenvalue weighted by Crippen LogP contribution is 2.32. The molecular formula is C21H21N3O2. The zero-order valence-electron chi connectivity index (χ0n) is 15.0. The van der Waals surface area contributed by atoms with Gasteiger partial charge in [-0.2, -0.15) is 4.98 Å². The van der Waals surface area contributed by atoms with Crippen LogP contribution in [-0.4, -0.2) is 22.6 Å². The molecule has 5 heteroatoms. The van der Waals surface area contributed by atoms with Crippen molar-refractivity contribution in [1.82, 2.24) is 10.1 Å². The summed E-state index contributed by atoms with van der Waals surface area (Å²) in [5.41, 5.74) is 4.26. The summed E-state index contributed by atoms with van der Waals surface area (Å²) < 4.78 is 5.47. The molecule has 5 nitrogen and oxygen atoms in total. The Kier molecular flexibility index (Phi) is 4.29. The molecule has 0 spiro atoms. The van der Waals surface area contributed by atoms with Crippen LogP contribution in [0.1, 0.15) is 36.3 Å². The average molecular weight is 347 g/mol. The van der Waals surface area contributed by atoms with Gasteiger partial charge >= 0.3 is 0 Å². The van der Waals surface area contributed by atoms with E-state index in [1.165, 1.54) is 11.1 Å². The van der Waals surface area contributed by atoms with Crippen LogP contribution in [0.4, 0.5) is 5.69 Å². The number of hydrogen-bond donors (Lipinski definition) is 0. The molecule has 2 heterocycles. The number of carbonyl (C=O) groups excluding carboxylic acids is 1. The lowest BCUT2D eigenvalue weighted by atomic mass is 10.1. The monoisotopic (exact) mass is 347 g/mol. The van der Waals surface area contributed by atoms with Crippen LogP contribution in [0.15, 0.2) is 53.1 Å². The van der Waals surface area contributed by atoms with Crippen molar-refractivity contribution in [2.24, 2.45) is 0 Å². The lowest BCUT2D eigenvalue weighted by Gasteiger charge is -2.16. The van der Waals surface area contributed by atoms with E-state index in [0.717, 1.165) is 17.7 Å². The van der Waals surface area contributed by atoms with E-state index in [4.69, 9.17) is 4.52 Å². The van der Waals surface area contributed by atoms with Crippen LogP contribution >= 0.6 is 0 Å². The average Bonchev–Trinajstić information content (AvgIpc) is 3.29. The Morgan fingerprint density at radius 3 is 2.77 bits per heavy atom. The maximum Gasteiger partial charge on any atom is 0.232 e. The molecule has 1 aliphatic rings. The Bertz CT molecular complexity index is 930. The molecule has 26 heavy (non-hydrogen) atoms. The van der Waals surface area contributed by atoms with E-state index in [9.17, 15) is 4.79 Å². The van der Waals surface area contributed by atoms with Gasteiger partial charge in [-0.1, -0.05) is 54.0 Å². The predicted octanol–water partition coefficient (Wildman–Crippen LogP) is 4.13. The number of anilines is 1. The lowest BCUT2D eigenvalue weighted by molar-refractivity contribution is -0.117. The molecular weight excluding hydrogens is 326 g/mol. The summed E-state index contributed by atoms with van der Waals surface area (Å²) in [6.07, 6.45) is 1.34. The van der Waals surface area contributed by atoms with E-state index in [1.807, 2.05) is 48.2 Å². The van der Waals surface area contributed by atoms with Gasteiger partial charge in [0, 0.05) is 24.2 Å². The first-order valence-corrected chi connectivity index (χ1v) is 8.94. The number of carbonyl (C=O) groups is 1. The Hall–Kier alpha value is -2.95. The van der Waals surface area contributed by atoms with E-state index < -0.39 is 0 Å². The van der Waals surface area contributed by atoms with Crippen LogP contribution in [0.2, 0.25) is 0 Å². The van der Waals surface area contributed by atoms with Crippen molar-refractivity contribution in [3.63, 3.8) is 0 Å². The van der Waals surface area contributed by atoms with Crippen LogP contribution in [-0.2, 0) is 11.2 Å². The van der Waals surface area contributed by atoms with Crippen LogP contribution in [0, 0.1) is 6.92 Å². The van der Waals surface area contributed by atoms with Crippen molar-refractivity contribution in [3.05, 3.63) is 65.5 Å². The minimum absolute atomic E-state index is 0.0699. The van der Waals surface area contributed by atoms with Gasteiger partial charge in [0.15, 0.2) is 0 Å². The van der Waals surface area contributed by atoms with Crippen LogP contribution in [0.3, 0.4) is 0 Å². The highest BCUT2D eigenvalue weighted by Gasteiger charge is 2.35. The highest BCUT2D eigenvalue weighted by atomic mass is 16.5. The molecule has 1 aromatic heterocycles. The summed E-state index contributed by atoms with van der Waals surface area (Å²) in [6.45, 7) is 4.72. The summed E-state index contributed by atoms with van der Waals surface area (Å²) in [4.78, 5) is 18.9. The number of nitrogens with zero attached hydrogens (tertiary/aromatic N) is 3. The van der Waals surface area contributed by atoms with Gasteiger partial charge < -0.3 is 9.42 Å². The number of aryl methyl sites for hydroxylation is 2. The fraction of sp³-hybridized carbons (Fsp3) is 0.286. The molecule has 4 rings (SSSR count). The van der Waals surface area contributed by atoms with Crippen LogP contribution in [0.25, 0.3) is 11.4 Å². The standard InChI is InChI=1S/C21H21N3O2/c1-3-15-5-4-6-18(11-15)24-13-17(12-19(24)25)21-22-20(23-26-21)16-9-7-14(2)8-10-16/h4-11,17H,3,12-13H2,1-2H3. The summed E-state index contributed by atoms with van der Waals surface area (Å²) in [5, 5.41) is 4.09. The van der Waals surface area contributed by atoms with Crippen molar-refractivity contribution in [2.75, 3.05) is 11.4 Å². The summed E-state index contributed by atoms with van der Waals surface area (Å²) in [7, 11) is 0. The molecule has 0 bridgehead atoms. The van der Waals surface area contributed by atoms with E-state index in [0.29, 0.717) is 24.7 Å². The molecule has 0 aliphatic carbocycles. The third-order valence-corrected chi connectivity index (χ3v) is 4.86. The first kappa shape index (κ1) is 16.5. The number of hydrogen-bond acceptors (Lipinski definition) is 4. The van der Waals surface area contributed by atoms with E-state index in [-0.39, 0.29) is 11.8 Å². The summed E-state index contributed by atoms with van der Waals surface area (Å²) >= 11 is 0. The number of rotatable bonds is 4. The van der Waals surface area contributed by atoms with Crippen molar-refractivity contribution in [2.45, 2.75) is 32.6 Å². The molecule has 1 aliphatic heterocycles. The van der Waals surface area contributed by atoms with Gasteiger partial charge in [0.2, 0.25) is 17.6 Å². The Labute approximate surface area is 152 Å². The topological polar surface area (TPSA) is 59.2 Å². The van der Waals surface area contributed by atoms with Crippen LogP contribution in [0.5, 0.6) is 0 Å². The van der Waals surface area contributed by atoms with E-state index in [1.54, 1.807) is 0 Å². The largest absolute Gasteiger partial charge is 0.339 e. The molecule has 3 aromatic rings. The molecule has 0 radical (unpaired) electrons. The molecule has 1 fully saturated rings. The minimum Gasteiger partial charge on any atom is -0.339 e. The zero-order chi connectivity index (χ0) is 18.1. The van der Waals surface area contributed by atoms with Gasteiger partial charge in [-0.15, -0.1) is 0 Å². The van der Waals surface area contributed by atoms with Gasteiger partial charge in [0.05, 0.1) is 5.92 Å². The van der Waals surface area contributed by atoms with E-state index >= 15 is 0 Å². The number of aromatic nitrogens is 2. The fourth-order valence-corrected chi connectivity index (χ4v) is 3.29. The maximum atomic E-state index is 12.5. The van der Waals surface area contributed by atoms with Gasteiger partial charge in [-0.3, -0.25) is 4.79 Å². The Morgan fingerprint density at radius 1 is 1.19 bits per heavy atom. The molecule has 1 saturated heterocycles. The van der Waals surface area contributed by atoms with Gasteiger partial charge in [-0.25, -0.2) is 0 Å². The van der Waals surface area contributed by atoms with Gasteiger partial charge in [-0.05, 0) is 31.0 Å². The zero-order valence-corrected chi connectivity index (χ0v) is 15.0. The molecule has 0 saturated carbocycles. The maximum absolute atomic E-state index is 12.5. The van der Waals surface area contributed by atoms with Gasteiger partial charge in [0.25, 0.3) is 0 Å². The SMILES string of the molecule is CCc1cccc(N2CC(c3nc(-c4ccc(C)cc4)no3)CC2=O)c1. The predicted molar refractivity (Wildman–Crippen MR) is 100 cm³/mol. The second-order valence-electron chi connectivity index (χ2n) is 6.75. The normalized spacial score (nSPS) is 17.1. The fourth-order valence-electron chi connectivity index (χ4n) is 3.29. The quantitative estimate of drug-likeness (QED) is 0.712. The summed E-state index contributed by atoms with van der Waals surface area (Å²) in [6, 6.07) is 16.1. The second kappa shape index (κ2) is 6.75. The highest BCUT2D eigenvalue weighted by molar-refractivity contribution is 5.96. The van der Waals surface area contributed by atoms with Crippen molar-refractivity contribution < 1.29 is 9.32 Å². The van der Waals surface area contributed by atoms with Crippen molar-refractivity contribution in [1.29, 1.82) is 0 Å². The molecule has 1 unspecified atom stereocenters. The Morgan fingerprint density at radius 2 is 2.00 bits per heavy atom. The lowest BCUT2D eigenvalue weighted by Crippen LogP contribution is -2.24. The number of benzene rings is 2. The number of amides is 1. The smallest absolute Gasteiger partial charge is 0.232 e. The summed E-state index contributed by atoms with van der Waals surface area (Å²) in [5.74, 6) is 1.12. The molecule has 132 valence electrons. The van der Waals surface area contributed by atoms with Crippen LogP contribution < -0.4 is 4.90 Å². The van der Waals surface area contributed by atoms with Crippen molar-refractivity contribution >= 4 is 11.6 Å².